The van der Waals surface area contributed by atoms with Crippen molar-refractivity contribution < 1.29 is 14.7 Å². The molecule has 1 aromatic carbocycles. The fraction of sp³-hybridized carbons (Fsp3) is 0.316. The summed E-state index contributed by atoms with van der Waals surface area (Å²) in [6.45, 7) is 5.26. The minimum atomic E-state index is -0.883. The Hall–Kier alpha value is -1.77. The van der Waals surface area contributed by atoms with Gasteiger partial charge in [-0.05, 0) is 44.1 Å². The summed E-state index contributed by atoms with van der Waals surface area (Å²) in [5.41, 5.74) is 1.87. The van der Waals surface area contributed by atoms with Crippen LogP contribution in [-0.2, 0) is 9.59 Å². The first kappa shape index (κ1) is 20.0. The van der Waals surface area contributed by atoms with Crippen LogP contribution in [0.5, 0.6) is 0 Å². The highest BCUT2D eigenvalue weighted by Gasteiger charge is 2.33. The first-order valence-electron chi connectivity index (χ1n) is 8.71. The van der Waals surface area contributed by atoms with Crippen LogP contribution in [0.25, 0.3) is 0 Å². The molecule has 0 aromatic heterocycles. The third-order valence-electron chi connectivity index (χ3n) is 4.32. The Balaban J connectivity index is 2.01. The van der Waals surface area contributed by atoms with E-state index in [9.17, 15) is 9.59 Å². The minimum absolute atomic E-state index is 0.0287. The Morgan fingerprint density at radius 2 is 1.85 bits per heavy atom. The second-order valence-corrected chi connectivity index (χ2v) is 8.67. The van der Waals surface area contributed by atoms with Crippen LogP contribution in [0, 0.1) is 0 Å². The fourth-order valence-electron chi connectivity index (χ4n) is 3.00. The summed E-state index contributed by atoms with van der Waals surface area (Å²) in [6.07, 6.45) is 2.22. The number of rotatable bonds is 6. The van der Waals surface area contributed by atoms with Crippen molar-refractivity contribution in [2.45, 2.75) is 31.6 Å². The molecule has 0 saturated carbocycles. The standard InChI is InChI=1S/C19H20N2O3S3/c1-3-20-13-7-5-6-8-14(13)26-15(20)11-12(9-10-16(22)23)17-18(24)21(4-2)19(25)27-17/h5-8,11H,3-4,9-10H2,1-2H3,(H,22,23)/b15-11+,17-12+. The summed E-state index contributed by atoms with van der Waals surface area (Å²) in [5.74, 6) is -1.01. The molecule has 1 N–H and O–H groups in total. The van der Waals surface area contributed by atoms with Crippen molar-refractivity contribution in [3.05, 3.63) is 45.8 Å². The van der Waals surface area contributed by atoms with Gasteiger partial charge in [0, 0.05) is 24.4 Å². The maximum Gasteiger partial charge on any atom is 0.303 e. The van der Waals surface area contributed by atoms with Gasteiger partial charge < -0.3 is 10.0 Å². The number of para-hydroxylation sites is 1. The predicted octanol–water partition coefficient (Wildman–Crippen LogP) is 4.46. The number of fused-ring (bicyclic) bond motifs is 1. The van der Waals surface area contributed by atoms with E-state index in [-0.39, 0.29) is 12.3 Å². The number of thioether (sulfide) groups is 2. The minimum Gasteiger partial charge on any atom is -0.481 e. The van der Waals surface area contributed by atoms with Crippen molar-refractivity contribution in [1.82, 2.24) is 4.90 Å². The maximum absolute atomic E-state index is 12.7. The van der Waals surface area contributed by atoms with E-state index in [0.717, 1.165) is 27.7 Å². The van der Waals surface area contributed by atoms with Gasteiger partial charge in [-0.1, -0.05) is 47.9 Å². The van der Waals surface area contributed by atoms with Crippen molar-refractivity contribution in [1.29, 1.82) is 0 Å². The van der Waals surface area contributed by atoms with Crippen LogP contribution in [0.1, 0.15) is 26.7 Å². The molecule has 2 aliphatic heterocycles. The third kappa shape index (κ3) is 4.07. The van der Waals surface area contributed by atoms with Gasteiger partial charge in [-0.2, -0.15) is 0 Å². The largest absolute Gasteiger partial charge is 0.481 e. The number of allylic oxidation sites excluding steroid dienone is 2. The number of aliphatic carboxylic acids is 1. The van der Waals surface area contributed by atoms with Gasteiger partial charge in [0.2, 0.25) is 0 Å². The molecule has 1 saturated heterocycles. The van der Waals surface area contributed by atoms with E-state index in [0.29, 0.717) is 22.2 Å². The average Bonchev–Trinajstić information content (AvgIpc) is 3.14. The highest BCUT2D eigenvalue weighted by molar-refractivity contribution is 8.26. The Morgan fingerprint density at radius 1 is 1.15 bits per heavy atom. The molecule has 1 aromatic rings. The number of carbonyl (C=O) groups excluding carboxylic acids is 1. The Bertz CT molecular complexity index is 864. The fourth-order valence-corrected chi connectivity index (χ4v) is 5.64. The van der Waals surface area contributed by atoms with E-state index in [2.05, 4.69) is 24.0 Å². The molecule has 0 atom stereocenters. The number of nitrogens with zero attached hydrogens (tertiary/aromatic N) is 2. The normalized spacial score (nSPS) is 19.9. The monoisotopic (exact) mass is 420 g/mol. The molecule has 0 radical (unpaired) electrons. The maximum atomic E-state index is 12.7. The van der Waals surface area contributed by atoms with Crippen molar-refractivity contribution in [2.24, 2.45) is 0 Å². The second kappa shape index (κ2) is 8.50. The highest BCUT2D eigenvalue weighted by Crippen LogP contribution is 2.47. The number of carboxylic acids is 1. The molecule has 0 bridgehead atoms. The first-order chi connectivity index (χ1) is 13.0. The zero-order chi connectivity index (χ0) is 19.6. The Labute approximate surface area is 172 Å². The zero-order valence-corrected chi connectivity index (χ0v) is 17.5. The number of hydrogen-bond acceptors (Lipinski definition) is 6. The lowest BCUT2D eigenvalue weighted by atomic mass is 10.1. The van der Waals surface area contributed by atoms with Gasteiger partial charge in [0.25, 0.3) is 5.91 Å². The summed E-state index contributed by atoms with van der Waals surface area (Å²) in [7, 11) is 0. The number of hydrogen-bond donors (Lipinski definition) is 1. The molecule has 142 valence electrons. The van der Waals surface area contributed by atoms with Crippen molar-refractivity contribution in [2.75, 3.05) is 18.0 Å². The molecular formula is C19H20N2O3S3. The average molecular weight is 421 g/mol. The van der Waals surface area contributed by atoms with Crippen molar-refractivity contribution >= 4 is 57.6 Å². The Kier molecular flexibility index (Phi) is 6.29. The number of amides is 1. The molecule has 0 spiro atoms. The summed E-state index contributed by atoms with van der Waals surface area (Å²) in [6, 6.07) is 8.14. The molecular weight excluding hydrogens is 400 g/mol. The molecule has 3 rings (SSSR count). The lowest BCUT2D eigenvalue weighted by molar-refractivity contribution is -0.137. The smallest absolute Gasteiger partial charge is 0.303 e. The van der Waals surface area contributed by atoms with Crippen LogP contribution in [0.2, 0.25) is 0 Å². The van der Waals surface area contributed by atoms with Crippen molar-refractivity contribution in [3.8, 4) is 0 Å². The van der Waals surface area contributed by atoms with Crippen LogP contribution >= 0.6 is 35.7 Å². The van der Waals surface area contributed by atoms with Crippen LogP contribution in [0.3, 0.4) is 0 Å². The Morgan fingerprint density at radius 3 is 2.48 bits per heavy atom. The van der Waals surface area contributed by atoms with E-state index >= 15 is 0 Å². The van der Waals surface area contributed by atoms with Gasteiger partial charge in [-0.25, -0.2) is 0 Å². The molecule has 2 heterocycles. The molecule has 1 amide bonds. The van der Waals surface area contributed by atoms with E-state index in [1.54, 1.807) is 16.7 Å². The van der Waals surface area contributed by atoms with Crippen molar-refractivity contribution in [3.63, 3.8) is 0 Å². The first-order valence-corrected chi connectivity index (χ1v) is 10.7. The van der Waals surface area contributed by atoms with Gasteiger partial charge in [0.15, 0.2) is 0 Å². The number of likely N-dealkylation sites (N-methyl/N-ethyl adjacent to an activating group) is 1. The number of thiocarbonyl (C=S) groups is 1. The molecule has 27 heavy (non-hydrogen) atoms. The van der Waals surface area contributed by atoms with Gasteiger partial charge in [0.1, 0.15) is 4.32 Å². The van der Waals surface area contributed by atoms with Gasteiger partial charge in [-0.15, -0.1) is 0 Å². The number of carboxylic acid groups (broad SMARTS) is 1. The molecule has 0 unspecified atom stereocenters. The van der Waals surface area contributed by atoms with Gasteiger partial charge in [0.05, 0.1) is 15.6 Å². The SMILES string of the molecule is CCN1C(=O)/C(=C(\C=C2\Sc3ccccc3N2CC)CCC(=O)O)SC1=S. The van der Waals surface area contributed by atoms with Crippen LogP contribution in [0.4, 0.5) is 5.69 Å². The highest BCUT2D eigenvalue weighted by atomic mass is 32.2. The number of anilines is 1. The topological polar surface area (TPSA) is 60.9 Å². The van der Waals surface area contributed by atoms with E-state index < -0.39 is 5.97 Å². The van der Waals surface area contributed by atoms with Crippen LogP contribution < -0.4 is 4.90 Å². The predicted molar refractivity (Wildman–Crippen MR) is 115 cm³/mol. The van der Waals surface area contributed by atoms with Crippen LogP contribution in [-0.4, -0.2) is 39.3 Å². The summed E-state index contributed by atoms with van der Waals surface area (Å²) < 4.78 is 0.526. The second-order valence-electron chi connectivity index (χ2n) is 5.96. The third-order valence-corrected chi connectivity index (χ3v) is 6.93. The number of carbonyl (C=O) groups is 2. The van der Waals surface area contributed by atoms with Crippen LogP contribution in [0.15, 0.2) is 50.7 Å². The lowest BCUT2D eigenvalue weighted by Gasteiger charge is -2.18. The molecule has 0 aliphatic carbocycles. The van der Waals surface area contributed by atoms with Gasteiger partial charge in [-0.3, -0.25) is 14.5 Å². The molecule has 2 aliphatic rings. The number of benzene rings is 1. The van der Waals surface area contributed by atoms with Gasteiger partial charge >= 0.3 is 5.97 Å². The van der Waals surface area contributed by atoms with E-state index in [4.69, 9.17) is 17.3 Å². The molecule has 5 nitrogen and oxygen atoms in total. The van der Waals surface area contributed by atoms with E-state index in [1.165, 1.54) is 11.8 Å². The summed E-state index contributed by atoms with van der Waals surface area (Å²) in [4.78, 5) is 29.3. The molecule has 1 fully saturated rings. The lowest BCUT2D eigenvalue weighted by Crippen LogP contribution is -2.27. The van der Waals surface area contributed by atoms with E-state index in [1.807, 2.05) is 25.1 Å². The summed E-state index contributed by atoms with van der Waals surface area (Å²) in [5, 5.41) is 10.1. The summed E-state index contributed by atoms with van der Waals surface area (Å²) >= 11 is 8.22. The quantitative estimate of drug-likeness (QED) is 0.538. The molecule has 8 heteroatoms. The zero-order valence-electron chi connectivity index (χ0n) is 15.1.